The smallest absolute Gasteiger partial charge is 0.258 e. The number of nitrogens with zero attached hydrogens (tertiary/aromatic N) is 4. The van der Waals surface area contributed by atoms with Crippen molar-refractivity contribution in [3.05, 3.63) is 41.9 Å². The number of hydrogen-bond acceptors (Lipinski definition) is 5. The van der Waals surface area contributed by atoms with Crippen LogP contribution in [-0.2, 0) is 4.79 Å². The monoisotopic (exact) mass is 339 g/mol. The van der Waals surface area contributed by atoms with Crippen molar-refractivity contribution in [2.45, 2.75) is 27.2 Å². The first-order valence-electron chi connectivity index (χ1n) is 8.25. The fourth-order valence-electron chi connectivity index (χ4n) is 2.65. The van der Waals surface area contributed by atoms with E-state index in [2.05, 4.69) is 26.4 Å². The quantitative estimate of drug-likeness (QED) is 0.745. The molecule has 0 aliphatic carbocycles. The highest BCUT2D eigenvalue weighted by Crippen LogP contribution is 2.24. The third-order valence-electron chi connectivity index (χ3n) is 3.69. The Bertz CT molecular complexity index is 883. The van der Waals surface area contributed by atoms with Crippen molar-refractivity contribution in [3.63, 3.8) is 0 Å². The average Bonchev–Trinajstić information content (AvgIpc) is 3.02. The van der Waals surface area contributed by atoms with Gasteiger partial charge in [-0.05, 0) is 43.5 Å². The van der Waals surface area contributed by atoms with Gasteiger partial charge in [-0.25, -0.2) is 14.6 Å². The minimum atomic E-state index is -0.171. The second-order valence-electron chi connectivity index (χ2n) is 5.96. The molecule has 3 rings (SSSR count). The largest absolute Gasteiger partial charge is 0.467 e. The van der Waals surface area contributed by atoms with Crippen LogP contribution < -0.4 is 10.1 Å². The summed E-state index contributed by atoms with van der Waals surface area (Å²) in [4.78, 5) is 20.2. The molecular weight excluding hydrogens is 318 g/mol. The molecule has 130 valence electrons. The predicted molar refractivity (Wildman–Crippen MR) is 94.9 cm³/mol. The average molecular weight is 339 g/mol. The lowest BCUT2D eigenvalue weighted by molar-refractivity contribution is -0.123. The first-order chi connectivity index (χ1) is 12.1. The Labute approximate surface area is 146 Å². The zero-order chi connectivity index (χ0) is 17.8. The lowest BCUT2D eigenvalue weighted by Gasteiger charge is -2.08. The minimum Gasteiger partial charge on any atom is -0.467 e. The zero-order valence-corrected chi connectivity index (χ0v) is 14.6. The van der Waals surface area contributed by atoms with Crippen LogP contribution in [0.25, 0.3) is 16.7 Å². The Morgan fingerprint density at radius 3 is 2.68 bits per heavy atom. The molecule has 0 saturated heterocycles. The number of carbonyl (C=O) groups excluding carboxylic acids is 1. The molecule has 0 spiro atoms. The molecule has 0 aliphatic rings. The van der Waals surface area contributed by atoms with Gasteiger partial charge in [-0.3, -0.25) is 4.79 Å². The molecule has 0 saturated carbocycles. The summed E-state index contributed by atoms with van der Waals surface area (Å²) in [5.74, 6) is 0.183. The summed E-state index contributed by atoms with van der Waals surface area (Å²) in [5.41, 5.74) is 3.87. The van der Waals surface area contributed by atoms with Crippen LogP contribution >= 0.6 is 0 Å². The molecule has 1 amide bonds. The summed E-state index contributed by atoms with van der Waals surface area (Å²) < 4.78 is 7.31. The van der Waals surface area contributed by atoms with Gasteiger partial charge in [0.25, 0.3) is 5.91 Å². The standard InChI is InChI=1S/C18H21N5O2/c1-4-5-19-16(24)10-25-18-15-9-22-23(17(15)20-11-21-18)14-7-12(2)6-13(3)8-14/h6-9,11H,4-5,10H2,1-3H3,(H,19,24). The number of carbonyl (C=O) groups is 1. The molecule has 0 atom stereocenters. The normalized spacial score (nSPS) is 10.8. The number of ether oxygens (including phenoxy) is 1. The fourth-order valence-corrected chi connectivity index (χ4v) is 2.65. The summed E-state index contributed by atoms with van der Waals surface area (Å²) in [6.45, 7) is 6.63. The molecule has 3 aromatic rings. The van der Waals surface area contributed by atoms with Crippen molar-refractivity contribution in [1.82, 2.24) is 25.1 Å². The maximum atomic E-state index is 11.7. The van der Waals surface area contributed by atoms with Crippen molar-refractivity contribution < 1.29 is 9.53 Å². The van der Waals surface area contributed by atoms with Gasteiger partial charge in [0.2, 0.25) is 5.88 Å². The number of amides is 1. The van der Waals surface area contributed by atoms with Crippen LogP contribution in [0.5, 0.6) is 5.88 Å². The highest BCUT2D eigenvalue weighted by atomic mass is 16.5. The van der Waals surface area contributed by atoms with Crippen LogP contribution in [0.1, 0.15) is 24.5 Å². The van der Waals surface area contributed by atoms with Gasteiger partial charge in [0, 0.05) is 6.54 Å². The molecule has 25 heavy (non-hydrogen) atoms. The van der Waals surface area contributed by atoms with Crippen molar-refractivity contribution in [2.75, 3.05) is 13.2 Å². The van der Waals surface area contributed by atoms with Crippen molar-refractivity contribution in [1.29, 1.82) is 0 Å². The van der Waals surface area contributed by atoms with Crippen LogP contribution in [0.4, 0.5) is 0 Å². The third kappa shape index (κ3) is 3.76. The van der Waals surface area contributed by atoms with E-state index in [1.54, 1.807) is 10.9 Å². The van der Waals surface area contributed by atoms with Crippen molar-refractivity contribution >= 4 is 16.9 Å². The van der Waals surface area contributed by atoms with Crippen LogP contribution in [-0.4, -0.2) is 38.8 Å². The van der Waals surface area contributed by atoms with Gasteiger partial charge >= 0.3 is 0 Å². The van der Waals surface area contributed by atoms with Gasteiger partial charge in [-0.2, -0.15) is 5.10 Å². The molecule has 2 aromatic heterocycles. The van der Waals surface area contributed by atoms with Gasteiger partial charge in [-0.15, -0.1) is 0 Å². The molecule has 1 aromatic carbocycles. The summed E-state index contributed by atoms with van der Waals surface area (Å²) in [6.07, 6.45) is 3.96. The fraction of sp³-hybridized carbons (Fsp3) is 0.333. The first-order valence-corrected chi connectivity index (χ1v) is 8.25. The summed E-state index contributed by atoms with van der Waals surface area (Å²) in [5, 5.41) is 7.86. The molecule has 7 heteroatoms. The minimum absolute atomic E-state index is 0.0825. The van der Waals surface area contributed by atoms with Crippen molar-refractivity contribution in [3.8, 4) is 11.6 Å². The van der Waals surface area contributed by atoms with Crippen LogP contribution in [0.2, 0.25) is 0 Å². The van der Waals surface area contributed by atoms with E-state index in [-0.39, 0.29) is 12.5 Å². The first kappa shape index (κ1) is 16.9. The van der Waals surface area contributed by atoms with Crippen molar-refractivity contribution in [2.24, 2.45) is 0 Å². The third-order valence-corrected chi connectivity index (χ3v) is 3.69. The van der Waals surface area contributed by atoms with Gasteiger partial charge in [0.1, 0.15) is 11.7 Å². The van der Waals surface area contributed by atoms with Gasteiger partial charge < -0.3 is 10.1 Å². The maximum Gasteiger partial charge on any atom is 0.258 e. The number of fused-ring (bicyclic) bond motifs is 1. The summed E-state index contributed by atoms with van der Waals surface area (Å²) >= 11 is 0. The molecular formula is C18H21N5O2. The van der Waals surface area contributed by atoms with E-state index in [1.807, 2.05) is 32.9 Å². The Morgan fingerprint density at radius 2 is 1.96 bits per heavy atom. The van der Waals surface area contributed by atoms with Crippen LogP contribution in [0.3, 0.4) is 0 Å². The van der Waals surface area contributed by atoms with E-state index >= 15 is 0 Å². The van der Waals surface area contributed by atoms with Gasteiger partial charge in [-0.1, -0.05) is 13.0 Å². The number of aryl methyl sites for hydroxylation is 2. The van der Waals surface area contributed by atoms with Crippen LogP contribution in [0.15, 0.2) is 30.7 Å². The molecule has 7 nitrogen and oxygen atoms in total. The number of aromatic nitrogens is 4. The molecule has 0 unspecified atom stereocenters. The second-order valence-corrected chi connectivity index (χ2v) is 5.96. The molecule has 0 fully saturated rings. The van der Waals surface area contributed by atoms with Gasteiger partial charge in [0.05, 0.1) is 11.9 Å². The Morgan fingerprint density at radius 1 is 1.20 bits per heavy atom. The molecule has 0 bridgehead atoms. The topological polar surface area (TPSA) is 81.9 Å². The maximum absolute atomic E-state index is 11.7. The number of rotatable bonds is 6. The van der Waals surface area contributed by atoms with E-state index in [1.165, 1.54) is 6.33 Å². The molecule has 0 radical (unpaired) electrons. The summed E-state index contributed by atoms with van der Waals surface area (Å²) in [7, 11) is 0. The summed E-state index contributed by atoms with van der Waals surface area (Å²) in [6, 6.07) is 6.19. The van der Waals surface area contributed by atoms with Gasteiger partial charge in [0.15, 0.2) is 12.3 Å². The van der Waals surface area contributed by atoms with E-state index in [9.17, 15) is 4.79 Å². The number of hydrogen-bond donors (Lipinski definition) is 1. The highest BCUT2D eigenvalue weighted by molar-refractivity contribution is 5.82. The molecule has 0 aliphatic heterocycles. The van der Waals surface area contributed by atoms with E-state index in [0.29, 0.717) is 23.5 Å². The zero-order valence-electron chi connectivity index (χ0n) is 14.6. The highest BCUT2D eigenvalue weighted by Gasteiger charge is 2.13. The number of nitrogens with one attached hydrogen (secondary N) is 1. The molecule has 2 heterocycles. The van der Waals surface area contributed by atoms with E-state index in [4.69, 9.17) is 4.74 Å². The SMILES string of the molecule is CCCNC(=O)COc1ncnc2c1cnn2-c1cc(C)cc(C)c1. The molecule has 1 N–H and O–H groups in total. The lowest BCUT2D eigenvalue weighted by atomic mass is 10.1. The second kappa shape index (κ2) is 7.29. The Hall–Kier alpha value is -2.96. The Balaban J connectivity index is 1.88. The predicted octanol–water partition coefficient (Wildman–Crippen LogP) is 2.34. The van der Waals surface area contributed by atoms with E-state index < -0.39 is 0 Å². The van der Waals surface area contributed by atoms with E-state index in [0.717, 1.165) is 23.2 Å². The Kier molecular flexibility index (Phi) is 4.92. The van der Waals surface area contributed by atoms with Crippen LogP contribution in [0, 0.1) is 13.8 Å². The lowest BCUT2D eigenvalue weighted by Crippen LogP contribution is -2.29. The number of benzene rings is 1.